The molecule has 2 atom stereocenters. The molecule has 0 aliphatic heterocycles. The van der Waals surface area contributed by atoms with Gasteiger partial charge in [0.15, 0.2) is 0 Å². The highest BCUT2D eigenvalue weighted by Gasteiger charge is 2.36. The van der Waals surface area contributed by atoms with Gasteiger partial charge in [-0.1, -0.05) is 24.3 Å². The van der Waals surface area contributed by atoms with Gasteiger partial charge in [-0.2, -0.15) is 15.5 Å². The number of aryl methyl sites for hydroxylation is 2. The van der Waals surface area contributed by atoms with E-state index in [1.165, 1.54) is 47.7 Å². The van der Waals surface area contributed by atoms with Gasteiger partial charge in [0.25, 0.3) is 5.56 Å². The lowest BCUT2D eigenvalue weighted by Crippen LogP contribution is -2.56. The molecule has 0 aliphatic carbocycles. The van der Waals surface area contributed by atoms with E-state index in [1.807, 2.05) is 6.92 Å². The van der Waals surface area contributed by atoms with E-state index in [0.29, 0.717) is 27.4 Å². The molecule has 1 N–H and O–H groups in total. The van der Waals surface area contributed by atoms with Gasteiger partial charge in [-0.05, 0) is 71.2 Å². The van der Waals surface area contributed by atoms with Crippen LogP contribution in [0.4, 0.5) is 4.39 Å². The van der Waals surface area contributed by atoms with E-state index >= 15 is 0 Å². The number of hydrogen-bond acceptors (Lipinski definition) is 8. The van der Waals surface area contributed by atoms with Gasteiger partial charge in [0.2, 0.25) is 5.91 Å². The van der Waals surface area contributed by atoms with Crippen molar-refractivity contribution in [2.45, 2.75) is 79.1 Å². The van der Waals surface area contributed by atoms with Crippen LogP contribution >= 0.6 is 11.3 Å². The van der Waals surface area contributed by atoms with Crippen LogP contribution in [0.2, 0.25) is 0 Å². The summed E-state index contributed by atoms with van der Waals surface area (Å²) in [6.07, 6.45) is 2.73. The van der Waals surface area contributed by atoms with Crippen molar-refractivity contribution in [2.75, 3.05) is 6.61 Å². The van der Waals surface area contributed by atoms with Crippen LogP contribution in [0.5, 0.6) is 0 Å². The number of amides is 1. The minimum Gasteiger partial charge on any atom is -0.370 e. The molecule has 1 aromatic carbocycles. The van der Waals surface area contributed by atoms with E-state index in [0.717, 1.165) is 21.5 Å². The molecule has 228 valence electrons. The molecule has 11 nitrogen and oxygen atoms in total. The van der Waals surface area contributed by atoms with Crippen LogP contribution in [0.3, 0.4) is 0 Å². The number of nitriles is 1. The van der Waals surface area contributed by atoms with Crippen molar-refractivity contribution >= 4 is 27.5 Å². The first-order valence-corrected chi connectivity index (χ1v) is 14.9. The third kappa shape index (κ3) is 6.16. The van der Waals surface area contributed by atoms with Gasteiger partial charge in [-0.15, -0.1) is 4.80 Å². The molecule has 4 rings (SSSR count). The second kappa shape index (κ2) is 12.6. The minimum absolute atomic E-state index is 0.0343. The van der Waals surface area contributed by atoms with Gasteiger partial charge in [-0.3, -0.25) is 14.2 Å². The van der Waals surface area contributed by atoms with Gasteiger partial charge in [0.1, 0.15) is 27.3 Å². The molecule has 0 spiro atoms. The molecule has 0 fully saturated rings. The Balaban J connectivity index is 2.03. The number of aromatic nitrogens is 5. The number of thiophene rings is 1. The zero-order chi connectivity index (χ0) is 31.6. The molecule has 3 aromatic heterocycles. The highest BCUT2D eigenvalue weighted by molar-refractivity contribution is 7.21. The summed E-state index contributed by atoms with van der Waals surface area (Å²) in [6, 6.07) is 6.32. The van der Waals surface area contributed by atoms with Crippen LogP contribution in [-0.4, -0.2) is 42.7 Å². The highest BCUT2D eigenvalue weighted by Crippen LogP contribution is 2.33. The normalized spacial score (nSPS) is 13.3. The van der Waals surface area contributed by atoms with Crippen LogP contribution in [0.1, 0.15) is 64.3 Å². The minimum atomic E-state index is -1.56. The maximum absolute atomic E-state index is 14.6. The first-order chi connectivity index (χ1) is 20.3. The number of ether oxygens (including phenoxy) is 1. The number of halogens is 1. The van der Waals surface area contributed by atoms with Crippen molar-refractivity contribution in [1.29, 1.82) is 5.26 Å². The Labute approximate surface area is 252 Å². The SMILES string of the molecule is CCc1ccc(F)cc1[C@@H](Cn1c(=O)n(C(C)(C)C(=O)NC(C)C)c(=O)c2c(C)c(-n3nccn3)sc21)OC[C@@H](C)C#N. The number of hydrogen-bond donors (Lipinski definition) is 1. The number of rotatable bonds is 11. The standard InChI is InChI=1S/C30H36FN7O4S/c1-8-20-9-10-21(31)13-22(20)23(42-16-18(4)14-32)15-36-27-24(19(5)26(43-27)38-33-11-12-34-38)25(39)37(29(36)41)30(6,7)28(40)35-17(2)3/h9-13,17-18,23H,8,15-16H2,1-7H3,(H,35,40)/t18-,23+/m0/s1. The summed E-state index contributed by atoms with van der Waals surface area (Å²) in [5.74, 6) is -1.43. The van der Waals surface area contributed by atoms with E-state index in [4.69, 9.17) is 4.74 Å². The van der Waals surface area contributed by atoms with Gasteiger partial charge in [0.05, 0.1) is 42.9 Å². The van der Waals surface area contributed by atoms with E-state index < -0.39 is 40.5 Å². The number of carbonyl (C=O) groups excluding carboxylic acids is 1. The Morgan fingerprint density at radius 3 is 2.49 bits per heavy atom. The van der Waals surface area contributed by atoms with E-state index in [-0.39, 0.29) is 24.6 Å². The lowest BCUT2D eigenvalue weighted by Gasteiger charge is -2.29. The van der Waals surface area contributed by atoms with E-state index in [2.05, 4.69) is 21.6 Å². The Morgan fingerprint density at radius 1 is 1.21 bits per heavy atom. The zero-order valence-corrected chi connectivity index (χ0v) is 26.2. The first kappa shape index (κ1) is 31.8. The number of benzene rings is 1. The fourth-order valence-corrected chi connectivity index (χ4v) is 6.15. The van der Waals surface area contributed by atoms with Crippen molar-refractivity contribution in [2.24, 2.45) is 5.92 Å². The molecule has 13 heteroatoms. The Morgan fingerprint density at radius 2 is 1.88 bits per heavy atom. The van der Waals surface area contributed by atoms with Gasteiger partial charge in [-0.25, -0.2) is 13.8 Å². The summed E-state index contributed by atoms with van der Waals surface area (Å²) < 4.78 is 23.2. The Hall–Kier alpha value is -4.15. The summed E-state index contributed by atoms with van der Waals surface area (Å²) >= 11 is 1.16. The predicted molar refractivity (Wildman–Crippen MR) is 162 cm³/mol. The van der Waals surface area contributed by atoms with Gasteiger partial charge in [0, 0.05) is 11.6 Å². The summed E-state index contributed by atoms with van der Waals surface area (Å²) in [7, 11) is 0. The van der Waals surface area contributed by atoms with Crippen LogP contribution in [0, 0.1) is 30.0 Å². The molecular formula is C30H36FN7O4S. The number of nitrogens with zero attached hydrogens (tertiary/aromatic N) is 6. The average molecular weight is 610 g/mol. The number of fused-ring (bicyclic) bond motifs is 1. The van der Waals surface area contributed by atoms with Crippen LogP contribution in [0.25, 0.3) is 15.2 Å². The molecule has 1 amide bonds. The topological polar surface area (TPSA) is 137 Å². The maximum atomic E-state index is 14.6. The van der Waals surface area contributed by atoms with Crippen molar-refractivity contribution in [3.8, 4) is 11.1 Å². The van der Waals surface area contributed by atoms with Gasteiger partial charge >= 0.3 is 5.69 Å². The lowest BCUT2D eigenvalue weighted by molar-refractivity contribution is -0.129. The zero-order valence-electron chi connectivity index (χ0n) is 25.3. The maximum Gasteiger partial charge on any atom is 0.333 e. The smallest absolute Gasteiger partial charge is 0.333 e. The summed E-state index contributed by atoms with van der Waals surface area (Å²) in [5.41, 5.74) is -1.02. The Kier molecular flexibility index (Phi) is 9.32. The molecule has 3 heterocycles. The molecular weight excluding hydrogens is 573 g/mol. The summed E-state index contributed by atoms with van der Waals surface area (Å²) in [4.78, 5) is 43.5. The number of nitrogens with one attached hydrogen (secondary N) is 1. The van der Waals surface area contributed by atoms with Gasteiger partial charge < -0.3 is 10.1 Å². The molecule has 43 heavy (non-hydrogen) atoms. The van der Waals surface area contributed by atoms with Crippen molar-refractivity contribution in [3.63, 3.8) is 0 Å². The van der Waals surface area contributed by atoms with Crippen LogP contribution < -0.4 is 16.6 Å². The molecule has 0 saturated carbocycles. The van der Waals surface area contributed by atoms with E-state index in [9.17, 15) is 24.0 Å². The Bertz CT molecular complexity index is 1800. The average Bonchev–Trinajstić information content (AvgIpc) is 3.60. The molecule has 0 unspecified atom stereocenters. The highest BCUT2D eigenvalue weighted by atomic mass is 32.1. The third-order valence-corrected chi connectivity index (χ3v) is 8.55. The first-order valence-electron chi connectivity index (χ1n) is 14.1. The second-order valence-electron chi connectivity index (χ2n) is 11.3. The van der Waals surface area contributed by atoms with Crippen molar-refractivity contribution in [1.82, 2.24) is 29.4 Å². The lowest BCUT2D eigenvalue weighted by atomic mass is 9.99. The summed E-state index contributed by atoms with van der Waals surface area (Å²) in [6.45, 7) is 11.9. The largest absolute Gasteiger partial charge is 0.370 e. The molecule has 0 bridgehead atoms. The quantitative estimate of drug-likeness (QED) is 0.272. The summed E-state index contributed by atoms with van der Waals surface area (Å²) in [5, 5.41) is 21.4. The van der Waals surface area contributed by atoms with Crippen molar-refractivity contribution in [3.05, 3.63) is 73.9 Å². The second-order valence-corrected chi connectivity index (χ2v) is 12.3. The van der Waals surface area contributed by atoms with Crippen LogP contribution in [-0.2, 0) is 28.0 Å². The molecule has 0 saturated heterocycles. The third-order valence-electron chi connectivity index (χ3n) is 7.27. The van der Waals surface area contributed by atoms with E-state index in [1.54, 1.807) is 33.8 Å². The fourth-order valence-electron chi connectivity index (χ4n) is 4.93. The number of carbonyl (C=O) groups is 1. The van der Waals surface area contributed by atoms with Crippen molar-refractivity contribution < 1.29 is 13.9 Å². The van der Waals surface area contributed by atoms with Crippen LogP contribution in [0.15, 0.2) is 40.2 Å². The predicted octanol–water partition coefficient (Wildman–Crippen LogP) is 3.99. The molecule has 4 aromatic rings. The molecule has 0 aliphatic rings. The monoisotopic (exact) mass is 609 g/mol. The molecule has 0 radical (unpaired) electrons. The fraction of sp³-hybridized carbons (Fsp3) is 0.467.